The van der Waals surface area contributed by atoms with Gasteiger partial charge in [-0.25, -0.2) is 4.98 Å². The van der Waals surface area contributed by atoms with Crippen LogP contribution in [0.4, 0.5) is 0 Å². The Morgan fingerprint density at radius 1 is 1.26 bits per heavy atom. The van der Waals surface area contributed by atoms with Gasteiger partial charge in [0.1, 0.15) is 0 Å². The molecule has 0 spiro atoms. The average Bonchev–Trinajstić information content (AvgIpc) is 3.47. The molecule has 1 aliphatic heterocycles. The summed E-state index contributed by atoms with van der Waals surface area (Å²) >= 11 is 1.42. The van der Waals surface area contributed by atoms with Crippen LogP contribution in [0.5, 0.6) is 0 Å². The lowest BCUT2D eigenvalue weighted by Crippen LogP contribution is -2.17. The zero-order valence-electron chi connectivity index (χ0n) is 18.1. The molecule has 0 bridgehead atoms. The van der Waals surface area contributed by atoms with Crippen molar-refractivity contribution in [3.63, 3.8) is 0 Å². The fourth-order valence-corrected chi connectivity index (χ4v) is 5.10. The SMILES string of the molecule is CC(=O)c1c(C)[nH]c(C(=O)CSc2ncc(-c3ccccc3)n2C[C@@H]2CCCO2)c1C. The van der Waals surface area contributed by atoms with Gasteiger partial charge in [0.15, 0.2) is 16.7 Å². The van der Waals surface area contributed by atoms with Crippen LogP contribution in [0.25, 0.3) is 11.3 Å². The molecule has 2 aromatic heterocycles. The summed E-state index contributed by atoms with van der Waals surface area (Å²) in [7, 11) is 0. The van der Waals surface area contributed by atoms with Gasteiger partial charge in [0.25, 0.3) is 0 Å². The van der Waals surface area contributed by atoms with E-state index in [9.17, 15) is 9.59 Å². The average molecular weight is 438 g/mol. The van der Waals surface area contributed by atoms with Crippen LogP contribution in [0.1, 0.15) is 51.9 Å². The summed E-state index contributed by atoms with van der Waals surface area (Å²) in [6, 6.07) is 10.2. The zero-order chi connectivity index (χ0) is 22.0. The highest BCUT2D eigenvalue weighted by molar-refractivity contribution is 7.99. The smallest absolute Gasteiger partial charge is 0.189 e. The maximum atomic E-state index is 12.9. The summed E-state index contributed by atoms with van der Waals surface area (Å²) in [5.74, 6) is 0.179. The second-order valence-corrected chi connectivity index (χ2v) is 8.87. The van der Waals surface area contributed by atoms with E-state index in [1.54, 1.807) is 0 Å². The molecular weight excluding hydrogens is 410 g/mol. The molecule has 4 rings (SSSR count). The molecule has 1 saturated heterocycles. The second-order valence-electron chi connectivity index (χ2n) is 7.93. The predicted molar refractivity (Wildman–Crippen MR) is 122 cm³/mol. The number of aryl methyl sites for hydroxylation is 1. The van der Waals surface area contributed by atoms with E-state index in [-0.39, 0.29) is 23.4 Å². The molecule has 0 radical (unpaired) electrons. The van der Waals surface area contributed by atoms with Gasteiger partial charge in [-0.15, -0.1) is 0 Å². The minimum absolute atomic E-state index is 0.0300. The first-order chi connectivity index (χ1) is 15.0. The molecule has 162 valence electrons. The molecule has 1 aliphatic rings. The van der Waals surface area contributed by atoms with Crippen molar-refractivity contribution in [1.29, 1.82) is 0 Å². The summed E-state index contributed by atoms with van der Waals surface area (Å²) in [6.07, 6.45) is 4.14. The number of imidazole rings is 1. The van der Waals surface area contributed by atoms with Gasteiger partial charge in [-0.3, -0.25) is 9.59 Å². The van der Waals surface area contributed by atoms with Gasteiger partial charge in [-0.1, -0.05) is 42.1 Å². The standard InChI is InChI=1S/C24H27N3O3S/c1-15-22(17(3)28)16(2)26-23(15)21(29)14-31-24-25-12-20(18-8-5-4-6-9-18)27(24)13-19-10-7-11-30-19/h4-6,8-9,12,19,26H,7,10-11,13-14H2,1-3H3/t19-/m0/s1. The third kappa shape index (κ3) is 4.52. The molecular formula is C24H27N3O3S. The Hall–Kier alpha value is -2.64. The lowest BCUT2D eigenvalue weighted by atomic mass is 10.1. The van der Waals surface area contributed by atoms with E-state index >= 15 is 0 Å². The van der Waals surface area contributed by atoms with Crippen LogP contribution in [-0.4, -0.2) is 44.6 Å². The first-order valence-electron chi connectivity index (χ1n) is 10.5. The predicted octanol–water partition coefficient (Wildman–Crippen LogP) is 4.85. The third-order valence-corrected chi connectivity index (χ3v) is 6.69. The summed E-state index contributed by atoms with van der Waals surface area (Å²) in [5, 5.41) is 0.801. The van der Waals surface area contributed by atoms with Gasteiger partial charge in [-0.05, 0) is 44.7 Å². The fraction of sp³-hybridized carbons (Fsp3) is 0.375. The molecule has 1 aromatic carbocycles. The number of aromatic nitrogens is 3. The van der Waals surface area contributed by atoms with Gasteiger partial charge in [0.05, 0.1) is 36.0 Å². The number of H-pyrrole nitrogens is 1. The molecule has 0 aliphatic carbocycles. The van der Waals surface area contributed by atoms with Crippen LogP contribution in [0.15, 0.2) is 41.7 Å². The number of ether oxygens (including phenoxy) is 1. The van der Waals surface area contributed by atoms with Gasteiger partial charge in [0, 0.05) is 17.9 Å². The van der Waals surface area contributed by atoms with Crippen molar-refractivity contribution >= 4 is 23.3 Å². The molecule has 0 saturated carbocycles. The molecule has 0 amide bonds. The molecule has 6 nitrogen and oxygen atoms in total. The number of hydrogen-bond acceptors (Lipinski definition) is 5. The fourth-order valence-electron chi connectivity index (χ4n) is 4.24. The van der Waals surface area contributed by atoms with Crippen LogP contribution in [0.3, 0.4) is 0 Å². The second kappa shape index (κ2) is 9.24. The first kappa shape index (κ1) is 21.6. The van der Waals surface area contributed by atoms with Gasteiger partial charge >= 0.3 is 0 Å². The number of rotatable bonds is 8. The quantitative estimate of drug-likeness (QED) is 0.403. The normalized spacial score (nSPS) is 16.0. The van der Waals surface area contributed by atoms with Crippen LogP contribution >= 0.6 is 11.8 Å². The van der Waals surface area contributed by atoms with Crippen molar-refractivity contribution in [1.82, 2.24) is 14.5 Å². The molecule has 1 fully saturated rings. The Balaban J connectivity index is 1.57. The zero-order valence-corrected chi connectivity index (χ0v) is 18.9. The van der Waals surface area contributed by atoms with E-state index in [1.807, 2.05) is 38.2 Å². The molecule has 31 heavy (non-hydrogen) atoms. The summed E-state index contributed by atoms with van der Waals surface area (Å²) in [6.45, 7) is 6.69. The van der Waals surface area contributed by atoms with E-state index in [1.165, 1.54) is 18.7 Å². The maximum Gasteiger partial charge on any atom is 0.189 e. The van der Waals surface area contributed by atoms with Crippen molar-refractivity contribution in [2.75, 3.05) is 12.4 Å². The number of nitrogens with zero attached hydrogens (tertiary/aromatic N) is 2. The molecule has 7 heteroatoms. The number of thioether (sulfide) groups is 1. The third-order valence-electron chi connectivity index (χ3n) is 5.70. The number of carbonyl (C=O) groups excluding carboxylic acids is 2. The highest BCUT2D eigenvalue weighted by atomic mass is 32.2. The largest absolute Gasteiger partial charge is 0.376 e. The van der Waals surface area contributed by atoms with Crippen LogP contribution in [0.2, 0.25) is 0 Å². The van der Waals surface area contributed by atoms with Gasteiger partial charge < -0.3 is 14.3 Å². The minimum Gasteiger partial charge on any atom is -0.376 e. The molecule has 3 heterocycles. The van der Waals surface area contributed by atoms with Crippen LogP contribution in [-0.2, 0) is 11.3 Å². The molecule has 1 atom stereocenters. The van der Waals surface area contributed by atoms with E-state index in [4.69, 9.17) is 4.74 Å². The van der Waals surface area contributed by atoms with E-state index < -0.39 is 0 Å². The monoisotopic (exact) mass is 437 g/mol. The highest BCUT2D eigenvalue weighted by Crippen LogP contribution is 2.29. The van der Waals surface area contributed by atoms with Gasteiger partial charge in [0.2, 0.25) is 0 Å². The van der Waals surface area contributed by atoms with Crippen molar-refractivity contribution < 1.29 is 14.3 Å². The number of nitrogens with one attached hydrogen (secondary N) is 1. The Bertz CT molecular complexity index is 1090. The van der Waals surface area contributed by atoms with Crippen LogP contribution < -0.4 is 0 Å². The van der Waals surface area contributed by atoms with Crippen molar-refractivity contribution in [2.24, 2.45) is 0 Å². The van der Waals surface area contributed by atoms with E-state index in [2.05, 4.69) is 26.7 Å². The Morgan fingerprint density at radius 2 is 2.03 bits per heavy atom. The molecule has 3 aromatic rings. The lowest BCUT2D eigenvalue weighted by Gasteiger charge is -2.16. The van der Waals surface area contributed by atoms with Crippen LogP contribution in [0, 0.1) is 13.8 Å². The van der Waals surface area contributed by atoms with E-state index in [0.29, 0.717) is 11.3 Å². The number of ketones is 2. The summed E-state index contributed by atoms with van der Waals surface area (Å²) in [4.78, 5) is 32.6. The molecule has 0 unspecified atom stereocenters. The first-order valence-corrected chi connectivity index (χ1v) is 11.5. The Morgan fingerprint density at radius 3 is 2.68 bits per heavy atom. The van der Waals surface area contributed by atoms with Gasteiger partial charge in [-0.2, -0.15) is 0 Å². The summed E-state index contributed by atoms with van der Waals surface area (Å²) < 4.78 is 8.02. The molecule has 1 N–H and O–H groups in total. The number of benzene rings is 1. The number of aromatic amines is 1. The Labute approximate surface area is 186 Å². The maximum absolute atomic E-state index is 12.9. The number of carbonyl (C=O) groups is 2. The van der Waals surface area contributed by atoms with Crippen molar-refractivity contribution in [2.45, 2.75) is 51.4 Å². The van der Waals surface area contributed by atoms with Crippen molar-refractivity contribution in [3.8, 4) is 11.3 Å². The minimum atomic E-state index is -0.0361. The van der Waals surface area contributed by atoms with Crippen molar-refractivity contribution in [3.05, 3.63) is 59.0 Å². The highest BCUT2D eigenvalue weighted by Gasteiger charge is 2.23. The number of hydrogen-bond donors (Lipinski definition) is 1. The topological polar surface area (TPSA) is 77.0 Å². The van der Waals surface area contributed by atoms with E-state index in [0.717, 1.165) is 53.7 Å². The number of Topliss-reactive ketones (excluding diaryl/α,β-unsaturated/α-hetero) is 2. The summed E-state index contributed by atoms with van der Waals surface area (Å²) in [5.41, 5.74) is 4.70. The Kier molecular flexibility index (Phi) is 6.43. The lowest BCUT2D eigenvalue weighted by molar-refractivity contribution is 0.0953.